The van der Waals surface area contributed by atoms with E-state index in [4.69, 9.17) is 16.3 Å². The molecule has 4 heteroatoms. The van der Waals surface area contributed by atoms with E-state index in [9.17, 15) is 4.39 Å². The van der Waals surface area contributed by atoms with Gasteiger partial charge in [-0.2, -0.15) is 0 Å². The molecule has 1 aliphatic rings. The molecule has 0 aliphatic carbocycles. The summed E-state index contributed by atoms with van der Waals surface area (Å²) >= 11 is 5.80. The van der Waals surface area contributed by atoms with Crippen LogP contribution in [0.3, 0.4) is 0 Å². The van der Waals surface area contributed by atoms with Gasteiger partial charge in [-0.05, 0) is 43.4 Å². The Labute approximate surface area is 125 Å². The Hall–Kier alpha value is -0.640. The standard InChI is InChI=1S/C16H23ClFNO/c1-3-16(4-2)10-13(7-8-20-16)19-11-12-5-6-15(18)14(17)9-12/h5-6,9,13,19H,3-4,7-8,10-11H2,1-2H3. The van der Waals surface area contributed by atoms with E-state index in [0.29, 0.717) is 12.6 Å². The first-order chi connectivity index (χ1) is 9.58. The van der Waals surface area contributed by atoms with Gasteiger partial charge >= 0.3 is 0 Å². The fraction of sp³-hybridized carbons (Fsp3) is 0.625. The van der Waals surface area contributed by atoms with E-state index in [-0.39, 0.29) is 16.4 Å². The predicted octanol–water partition coefficient (Wildman–Crippen LogP) is 4.31. The summed E-state index contributed by atoms with van der Waals surface area (Å²) in [5.74, 6) is -0.363. The zero-order chi connectivity index (χ0) is 14.6. The second-order valence-corrected chi connectivity index (χ2v) is 5.96. The Balaban J connectivity index is 1.91. The van der Waals surface area contributed by atoms with Crippen molar-refractivity contribution in [1.29, 1.82) is 0 Å². The first kappa shape index (κ1) is 15.7. The van der Waals surface area contributed by atoms with Gasteiger partial charge in [0.1, 0.15) is 5.82 Å². The van der Waals surface area contributed by atoms with Crippen LogP contribution in [0.4, 0.5) is 4.39 Å². The fourth-order valence-electron chi connectivity index (χ4n) is 2.86. The van der Waals surface area contributed by atoms with Gasteiger partial charge in [0.25, 0.3) is 0 Å². The molecule has 0 amide bonds. The van der Waals surface area contributed by atoms with Gasteiger partial charge < -0.3 is 10.1 Å². The summed E-state index contributed by atoms with van der Waals surface area (Å²) in [4.78, 5) is 0. The van der Waals surface area contributed by atoms with Gasteiger partial charge in [0.05, 0.1) is 10.6 Å². The number of hydrogen-bond acceptors (Lipinski definition) is 2. The lowest BCUT2D eigenvalue weighted by atomic mass is 9.86. The molecule has 0 saturated carbocycles. The van der Waals surface area contributed by atoms with Crippen LogP contribution in [0, 0.1) is 5.82 Å². The third kappa shape index (κ3) is 3.72. The molecule has 0 spiro atoms. The minimum atomic E-state index is -0.363. The number of ether oxygens (including phenoxy) is 1. The normalized spacial score (nSPS) is 21.9. The van der Waals surface area contributed by atoms with Crippen LogP contribution in [0.25, 0.3) is 0 Å². The molecule has 0 bridgehead atoms. The smallest absolute Gasteiger partial charge is 0.141 e. The topological polar surface area (TPSA) is 21.3 Å². The number of rotatable bonds is 5. The molecule has 112 valence electrons. The zero-order valence-corrected chi connectivity index (χ0v) is 13.0. The molecule has 1 aromatic rings. The van der Waals surface area contributed by atoms with Crippen LogP contribution >= 0.6 is 11.6 Å². The van der Waals surface area contributed by atoms with Gasteiger partial charge in [-0.15, -0.1) is 0 Å². The molecule has 1 N–H and O–H groups in total. The molecule has 0 aromatic heterocycles. The zero-order valence-electron chi connectivity index (χ0n) is 12.2. The van der Waals surface area contributed by atoms with Crippen molar-refractivity contribution < 1.29 is 9.13 Å². The van der Waals surface area contributed by atoms with E-state index >= 15 is 0 Å². The average Bonchev–Trinajstić information content (AvgIpc) is 2.48. The monoisotopic (exact) mass is 299 g/mol. The van der Waals surface area contributed by atoms with Gasteiger partial charge in [0.2, 0.25) is 0 Å². The average molecular weight is 300 g/mol. The number of hydrogen-bond donors (Lipinski definition) is 1. The molecule has 2 nitrogen and oxygen atoms in total. The quantitative estimate of drug-likeness (QED) is 0.875. The highest BCUT2D eigenvalue weighted by Gasteiger charge is 2.34. The molecule has 1 atom stereocenters. The molecule has 1 fully saturated rings. The van der Waals surface area contributed by atoms with Crippen molar-refractivity contribution >= 4 is 11.6 Å². The van der Waals surface area contributed by atoms with Crippen molar-refractivity contribution in [2.45, 2.75) is 57.7 Å². The van der Waals surface area contributed by atoms with Crippen LogP contribution in [0.1, 0.15) is 45.1 Å². The summed E-state index contributed by atoms with van der Waals surface area (Å²) < 4.78 is 19.1. The van der Waals surface area contributed by atoms with E-state index in [0.717, 1.165) is 37.9 Å². The Morgan fingerprint density at radius 3 is 2.80 bits per heavy atom. The third-order valence-corrected chi connectivity index (χ3v) is 4.65. The minimum absolute atomic E-state index is 0.0242. The second-order valence-electron chi connectivity index (χ2n) is 5.56. The van der Waals surface area contributed by atoms with Gasteiger partial charge in [0, 0.05) is 19.2 Å². The summed E-state index contributed by atoms with van der Waals surface area (Å²) in [6.45, 7) is 5.90. The molecule has 1 saturated heterocycles. The molecular formula is C16H23ClFNO. The summed E-state index contributed by atoms with van der Waals surface area (Å²) in [7, 11) is 0. The van der Waals surface area contributed by atoms with Gasteiger partial charge in [-0.25, -0.2) is 4.39 Å². The Bertz CT molecular complexity index is 448. The van der Waals surface area contributed by atoms with Gasteiger partial charge in [0.15, 0.2) is 0 Å². The van der Waals surface area contributed by atoms with Crippen molar-refractivity contribution in [1.82, 2.24) is 5.32 Å². The lowest BCUT2D eigenvalue weighted by molar-refractivity contribution is -0.0932. The number of halogens is 2. The molecular weight excluding hydrogens is 277 g/mol. The van der Waals surface area contributed by atoms with Crippen molar-refractivity contribution in [3.8, 4) is 0 Å². The van der Waals surface area contributed by atoms with Crippen LogP contribution in [0.5, 0.6) is 0 Å². The van der Waals surface area contributed by atoms with E-state index in [1.54, 1.807) is 12.1 Å². The summed E-state index contributed by atoms with van der Waals surface area (Å²) in [6, 6.07) is 5.34. The lowest BCUT2D eigenvalue weighted by Gasteiger charge is -2.40. The molecule has 20 heavy (non-hydrogen) atoms. The summed E-state index contributed by atoms with van der Waals surface area (Å²) in [6.07, 6.45) is 4.15. The summed E-state index contributed by atoms with van der Waals surface area (Å²) in [5, 5.41) is 3.73. The van der Waals surface area contributed by atoms with Crippen molar-refractivity contribution in [3.63, 3.8) is 0 Å². The molecule has 1 heterocycles. The Kier molecular flexibility index (Phi) is 5.42. The van der Waals surface area contributed by atoms with Crippen LogP contribution in [-0.4, -0.2) is 18.2 Å². The Morgan fingerprint density at radius 2 is 2.15 bits per heavy atom. The van der Waals surface area contributed by atoms with E-state index < -0.39 is 0 Å². The first-order valence-electron chi connectivity index (χ1n) is 7.40. The van der Waals surface area contributed by atoms with E-state index in [1.165, 1.54) is 6.07 Å². The highest BCUT2D eigenvalue weighted by Crippen LogP contribution is 2.31. The Morgan fingerprint density at radius 1 is 1.40 bits per heavy atom. The maximum Gasteiger partial charge on any atom is 0.141 e. The van der Waals surface area contributed by atoms with Gasteiger partial charge in [-0.3, -0.25) is 0 Å². The number of nitrogens with one attached hydrogen (secondary N) is 1. The molecule has 1 aliphatic heterocycles. The molecule has 2 rings (SSSR count). The van der Waals surface area contributed by atoms with Crippen molar-refractivity contribution in [2.24, 2.45) is 0 Å². The maximum absolute atomic E-state index is 13.1. The number of benzene rings is 1. The largest absolute Gasteiger partial charge is 0.375 e. The predicted molar refractivity (Wildman–Crippen MR) is 80.5 cm³/mol. The summed E-state index contributed by atoms with van der Waals surface area (Å²) in [5.41, 5.74) is 1.04. The van der Waals surface area contributed by atoms with Crippen molar-refractivity contribution in [3.05, 3.63) is 34.6 Å². The van der Waals surface area contributed by atoms with Crippen LogP contribution in [0.2, 0.25) is 5.02 Å². The lowest BCUT2D eigenvalue weighted by Crippen LogP contribution is -2.46. The van der Waals surface area contributed by atoms with E-state index in [2.05, 4.69) is 19.2 Å². The van der Waals surface area contributed by atoms with Gasteiger partial charge in [-0.1, -0.05) is 31.5 Å². The van der Waals surface area contributed by atoms with Crippen LogP contribution < -0.4 is 5.32 Å². The SMILES string of the molecule is CCC1(CC)CC(NCc2ccc(F)c(Cl)c2)CCO1. The van der Waals surface area contributed by atoms with Crippen LogP contribution in [0.15, 0.2) is 18.2 Å². The molecule has 1 aromatic carbocycles. The maximum atomic E-state index is 13.1. The third-order valence-electron chi connectivity index (χ3n) is 4.36. The second kappa shape index (κ2) is 6.88. The highest BCUT2D eigenvalue weighted by atomic mass is 35.5. The minimum Gasteiger partial charge on any atom is -0.375 e. The van der Waals surface area contributed by atoms with Crippen LogP contribution in [-0.2, 0) is 11.3 Å². The molecule has 1 unspecified atom stereocenters. The highest BCUT2D eigenvalue weighted by molar-refractivity contribution is 6.30. The van der Waals surface area contributed by atoms with E-state index in [1.807, 2.05) is 0 Å². The first-order valence-corrected chi connectivity index (χ1v) is 7.77. The fourth-order valence-corrected chi connectivity index (χ4v) is 3.06. The molecule has 0 radical (unpaired) electrons. The van der Waals surface area contributed by atoms with Crippen molar-refractivity contribution in [2.75, 3.05) is 6.61 Å².